The van der Waals surface area contributed by atoms with Crippen LogP contribution in [-0.4, -0.2) is 42.3 Å². The van der Waals surface area contributed by atoms with Crippen LogP contribution in [0.25, 0.3) is 11.0 Å². The Morgan fingerprint density at radius 3 is 2.77 bits per heavy atom. The number of carbonyl (C=O) groups is 2. The zero-order valence-corrected chi connectivity index (χ0v) is 18.4. The molecule has 156 valence electrons. The minimum absolute atomic E-state index is 0.103. The summed E-state index contributed by atoms with van der Waals surface area (Å²) in [5, 5.41) is 3.65. The molecule has 1 aliphatic rings. The Bertz CT molecular complexity index is 1090. The largest absolute Gasteiger partial charge is 0.451 e. The quantitative estimate of drug-likeness (QED) is 0.542. The van der Waals surface area contributed by atoms with Crippen LogP contribution in [0.3, 0.4) is 0 Å². The lowest BCUT2D eigenvalue weighted by Crippen LogP contribution is -2.48. The fraction of sp³-hybridized carbons (Fsp3) is 0.304. The number of anilines is 1. The molecule has 0 unspecified atom stereocenters. The maximum absolute atomic E-state index is 13.1. The van der Waals surface area contributed by atoms with E-state index in [2.05, 4.69) is 26.1 Å². The summed E-state index contributed by atoms with van der Waals surface area (Å²) in [5.41, 5.74) is 2.08. The van der Waals surface area contributed by atoms with E-state index in [4.69, 9.17) is 9.15 Å². The molecule has 4 rings (SSSR count). The van der Waals surface area contributed by atoms with Crippen LogP contribution in [0.2, 0.25) is 0 Å². The number of Topliss-reactive ketones (excluding diaryl/α,β-unsaturated/α-hetero) is 1. The van der Waals surface area contributed by atoms with E-state index < -0.39 is 6.04 Å². The molecule has 1 fully saturated rings. The van der Waals surface area contributed by atoms with Gasteiger partial charge in [-0.3, -0.25) is 14.5 Å². The molecule has 1 aliphatic heterocycles. The summed E-state index contributed by atoms with van der Waals surface area (Å²) < 4.78 is 12.6. The number of fused-ring (bicyclic) bond motifs is 1. The number of para-hydroxylation sites is 1. The van der Waals surface area contributed by atoms with Crippen molar-refractivity contribution < 1.29 is 18.7 Å². The second-order valence-electron chi connectivity index (χ2n) is 7.43. The number of morpholine rings is 1. The van der Waals surface area contributed by atoms with Crippen LogP contribution in [-0.2, 0) is 9.53 Å². The lowest BCUT2D eigenvalue weighted by molar-refractivity contribution is -0.124. The minimum atomic E-state index is -0.392. The predicted octanol–water partition coefficient (Wildman–Crippen LogP) is 4.80. The SMILES string of the molecule is CC(=O)c1oc2ccccc2c1NC(=O)[C@@H](C)N1CCO[C@H](c2cccc(Br)c2)C1. The van der Waals surface area contributed by atoms with Crippen molar-refractivity contribution in [3.8, 4) is 0 Å². The fourth-order valence-corrected chi connectivity index (χ4v) is 4.16. The summed E-state index contributed by atoms with van der Waals surface area (Å²) in [6, 6.07) is 14.9. The van der Waals surface area contributed by atoms with Crippen LogP contribution < -0.4 is 5.32 Å². The molecule has 1 aromatic heterocycles. The van der Waals surface area contributed by atoms with Crippen LogP contribution in [0, 0.1) is 0 Å². The Labute approximate surface area is 183 Å². The molecule has 1 saturated heterocycles. The third-order valence-corrected chi connectivity index (χ3v) is 5.90. The summed E-state index contributed by atoms with van der Waals surface area (Å²) in [4.78, 5) is 27.2. The first-order chi connectivity index (χ1) is 14.4. The highest BCUT2D eigenvalue weighted by atomic mass is 79.9. The summed E-state index contributed by atoms with van der Waals surface area (Å²) in [7, 11) is 0. The van der Waals surface area contributed by atoms with Crippen molar-refractivity contribution in [1.29, 1.82) is 0 Å². The first-order valence-corrected chi connectivity index (χ1v) is 10.7. The molecule has 0 radical (unpaired) electrons. The van der Waals surface area contributed by atoms with Gasteiger partial charge < -0.3 is 14.5 Å². The van der Waals surface area contributed by atoms with E-state index in [0.29, 0.717) is 31.0 Å². The van der Waals surface area contributed by atoms with Crippen molar-refractivity contribution in [2.24, 2.45) is 0 Å². The van der Waals surface area contributed by atoms with E-state index in [1.54, 1.807) is 6.07 Å². The van der Waals surface area contributed by atoms with E-state index in [9.17, 15) is 9.59 Å². The number of benzene rings is 2. The molecule has 2 heterocycles. The van der Waals surface area contributed by atoms with E-state index in [1.165, 1.54) is 6.92 Å². The summed E-state index contributed by atoms with van der Waals surface area (Å²) in [6.45, 7) is 5.11. The van der Waals surface area contributed by atoms with Gasteiger partial charge in [-0.25, -0.2) is 0 Å². The van der Waals surface area contributed by atoms with Gasteiger partial charge in [0.2, 0.25) is 5.91 Å². The second kappa shape index (κ2) is 8.71. The maximum Gasteiger partial charge on any atom is 0.241 e. The van der Waals surface area contributed by atoms with Crippen molar-refractivity contribution >= 4 is 44.3 Å². The van der Waals surface area contributed by atoms with Gasteiger partial charge in [0, 0.05) is 29.9 Å². The number of nitrogens with zero attached hydrogens (tertiary/aromatic N) is 1. The van der Waals surface area contributed by atoms with Crippen molar-refractivity contribution in [1.82, 2.24) is 4.90 Å². The monoisotopic (exact) mass is 470 g/mol. The van der Waals surface area contributed by atoms with Gasteiger partial charge in [-0.1, -0.05) is 40.2 Å². The van der Waals surface area contributed by atoms with Gasteiger partial charge in [-0.05, 0) is 36.8 Å². The van der Waals surface area contributed by atoms with Gasteiger partial charge in [-0.2, -0.15) is 0 Å². The number of halogens is 1. The van der Waals surface area contributed by atoms with E-state index >= 15 is 0 Å². The highest BCUT2D eigenvalue weighted by Gasteiger charge is 2.30. The number of hydrogen-bond acceptors (Lipinski definition) is 5. The number of ether oxygens (including phenoxy) is 1. The molecule has 0 saturated carbocycles. The van der Waals surface area contributed by atoms with Crippen LogP contribution in [0.15, 0.2) is 57.4 Å². The average Bonchev–Trinajstić information content (AvgIpc) is 3.12. The fourth-order valence-electron chi connectivity index (χ4n) is 3.74. The molecular formula is C23H23BrN2O4. The Balaban J connectivity index is 1.52. The third-order valence-electron chi connectivity index (χ3n) is 5.41. The van der Waals surface area contributed by atoms with E-state index in [1.807, 2.05) is 49.4 Å². The van der Waals surface area contributed by atoms with Crippen LogP contribution in [0.5, 0.6) is 0 Å². The van der Waals surface area contributed by atoms with Crippen molar-refractivity contribution in [2.75, 3.05) is 25.0 Å². The van der Waals surface area contributed by atoms with Crippen molar-refractivity contribution in [2.45, 2.75) is 26.0 Å². The van der Waals surface area contributed by atoms with Gasteiger partial charge >= 0.3 is 0 Å². The molecule has 30 heavy (non-hydrogen) atoms. The van der Waals surface area contributed by atoms with Gasteiger partial charge in [0.15, 0.2) is 11.5 Å². The highest BCUT2D eigenvalue weighted by Crippen LogP contribution is 2.32. The van der Waals surface area contributed by atoms with E-state index in [0.717, 1.165) is 15.4 Å². The molecular weight excluding hydrogens is 448 g/mol. The number of ketones is 1. The number of hydrogen-bond donors (Lipinski definition) is 1. The van der Waals surface area contributed by atoms with Crippen LogP contribution in [0.4, 0.5) is 5.69 Å². The molecule has 7 heteroatoms. The highest BCUT2D eigenvalue weighted by molar-refractivity contribution is 9.10. The number of rotatable bonds is 5. The maximum atomic E-state index is 13.1. The molecule has 2 aromatic carbocycles. The Kier molecular flexibility index (Phi) is 6.04. The van der Waals surface area contributed by atoms with Crippen LogP contribution in [0.1, 0.15) is 36.1 Å². The van der Waals surface area contributed by atoms with Crippen molar-refractivity contribution in [3.63, 3.8) is 0 Å². The van der Waals surface area contributed by atoms with Gasteiger partial charge in [0.25, 0.3) is 0 Å². The molecule has 1 N–H and O–H groups in total. The van der Waals surface area contributed by atoms with Gasteiger partial charge in [0.05, 0.1) is 24.4 Å². The zero-order valence-electron chi connectivity index (χ0n) is 16.9. The predicted molar refractivity (Wildman–Crippen MR) is 119 cm³/mol. The first kappa shape index (κ1) is 20.8. The molecule has 0 aliphatic carbocycles. The second-order valence-corrected chi connectivity index (χ2v) is 8.35. The number of amides is 1. The molecule has 6 nitrogen and oxygen atoms in total. The molecule has 0 spiro atoms. The van der Waals surface area contributed by atoms with Gasteiger partial charge in [0.1, 0.15) is 5.58 Å². The number of furan rings is 1. The molecule has 0 bridgehead atoms. The van der Waals surface area contributed by atoms with Crippen molar-refractivity contribution in [3.05, 3.63) is 64.3 Å². The Morgan fingerprint density at radius 1 is 1.20 bits per heavy atom. The minimum Gasteiger partial charge on any atom is -0.451 e. The molecule has 2 atom stereocenters. The average molecular weight is 471 g/mol. The Morgan fingerprint density at radius 2 is 2.00 bits per heavy atom. The first-order valence-electron chi connectivity index (χ1n) is 9.88. The standard InChI is InChI=1S/C23H23BrN2O4/c1-14(26-10-11-29-20(13-26)16-6-5-7-17(24)12-16)23(28)25-21-18-8-3-4-9-19(18)30-22(21)15(2)27/h3-9,12,14,20H,10-11,13H2,1-2H3,(H,25,28)/t14-,20+/m1/s1. The van der Waals surface area contributed by atoms with Crippen LogP contribution >= 0.6 is 15.9 Å². The summed E-state index contributed by atoms with van der Waals surface area (Å²) in [5.74, 6) is -0.236. The summed E-state index contributed by atoms with van der Waals surface area (Å²) in [6.07, 6.45) is -0.103. The number of carbonyl (C=O) groups excluding carboxylic acids is 2. The Hall–Kier alpha value is -2.48. The lowest BCUT2D eigenvalue weighted by Gasteiger charge is -2.36. The smallest absolute Gasteiger partial charge is 0.241 e. The molecule has 3 aromatic rings. The lowest BCUT2D eigenvalue weighted by atomic mass is 10.1. The van der Waals surface area contributed by atoms with E-state index in [-0.39, 0.29) is 23.6 Å². The van der Waals surface area contributed by atoms with Gasteiger partial charge in [-0.15, -0.1) is 0 Å². The third kappa shape index (κ3) is 4.19. The molecule has 1 amide bonds. The zero-order chi connectivity index (χ0) is 21.3. The number of nitrogens with one attached hydrogen (secondary N) is 1. The topological polar surface area (TPSA) is 71.8 Å². The normalized spacial score (nSPS) is 18.3. The summed E-state index contributed by atoms with van der Waals surface area (Å²) >= 11 is 3.50.